The first-order valence-corrected chi connectivity index (χ1v) is 4.30. The first kappa shape index (κ1) is 10.4. The number of rotatable bonds is 3. The lowest BCUT2D eigenvalue weighted by Gasteiger charge is -2.14. The molecule has 1 rings (SSSR count). The fourth-order valence-electron chi connectivity index (χ4n) is 1.12. The zero-order valence-electron chi connectivity index (χ0n) is 7.98. The Balaban J connectivity index is 2.57. The van der Waals surface area contributed by atoms with E-state index in [2.05, 4.69) is 0 Å². The smallest absolute Gasteiger partial charge is 0.248 e. The Hall–Kier alpha value is -1.64. The summed E-state index contributed by atoms with van der Waals surface area (Å²) in [6, 6.07) is 9.55. The third-order valence-electron chi connectivity index (χ3n) is 1.84. The molecule has 0 heterocycles. The molecule has 2 nitrogen and oxygen atoms in total. The number of carbonyl (C=O) groups excluding carboxylic acids is 1. The van der Waals surface area contributed by atoms with Gasteiger partial charge < -0.3 is 4.90 Å². The van der Waals surface area contributed by atoms with Gasteiger partial charge in [0.2, 0.25) is 5.91 Å². The lowest BCUT2D eigenvalue weighted by atomic mass is 10.2. The Morgan fingerprint density at radius 1 is 1.43 bits per heavy atom. The van der Waals surface area contributed by atoms with Gasteiger partial charge >= 0.3 is 0 Å². The van der Waals surface area contributed by atoms with E-state index in [9.17, 15) is 9.18 Å². The molecule has 74 valence electrons. The molecule has 0 fully saturated rings. The van der Waals surface area contributed by atoms with E-state index in [0.29, 0.717) is 6.54 Å². The van der Waals surface area contributed by atoms with E-state index in [-0.39, 0.29) is 12.2 Å². The summed E-state index contributed by atoms with van der Waals surface area (Å²) in [4.78, 5) is 12.6. The van der Waals surface area contributed by atoms with Crippen LogP contribution >= 0.6 is 0 Å². The van der Waals surface area contributed by atoms with Crippen LogP contribution in [0.25, 0.3) is 0 Å². The molecule has 1 aromatic rings. The van der Waals surface area contributed by atoms with Crippen LogP contribution in [0.2, 0.25) is 0 Å². The van der Waals surface area contributed by atoms with Crippen molar-refractivity contribution in [2.45, 2.75) is 6.54 Å². The van der Waals surface area contributed by atoms with Crippen LogP contribution in [-0.4, -0.2) is 17.9 Å². The lowest BCUT2D eigenvalue weighted by Crippen LogP contribution is -2.23. The summed E-state index contributed by atoms with van der Waals surface area (Å²) in [5.41, 5.74) is 1.02. The van der Waals surface area contributed by atoms with Gasteiger partial charge in [-0.05, 0) is 5.56 Å². The lowest BCUT2D eigenvalue weighted by molar-refractivity contribution is -0.125. The van der Waals surface area contributed by atoms with E-state index in [4.69, 9.17) is 0 Å². The van der Waals surface area contributed by atoms with Gasteiger partial charge in [-0.25, -0.2) is 4.39 Å². The Bertz CT molecular complexity index is 321. The largest absolute Gasteiger partial charge is 0.338 e. The summed E-state index contributed by atoms with van der Waals surface area (Å²) in [6.07, 6.45) is 1.16. The van der Waals surface area contributed by atoms with Crippen LogP contribution in [0.4, 0.5) is 4.39 Å². The third kappa shape index (κ3) is 3.01. The predicted octanol–water partition coefficient (Wildman–Crippen LogP) is 2.13. The van der Waals surface area contributed by atoms with Crippen LogP contribution < -0.4 is 0 Å². The zero-order chi connectivity index (χ0) is 10.4. The molecule has 1 aromatic carbocycles. The fraction of sp³-hybridized carbons (Fsp3) is 0.182. The number of hydrogen-bond acceptors (Lipinski definition) is 1. The van der Waals surface area contributed by atoms with E-state index in [1.165, 1.54) is 4.90 Å². The normalized spacial score (nSPS) is 10.4. The Labute approximate surface area is 82.7 Å². The van der Waals surface area contributed by atoms with Crippen molar-refractivity contribution >= 4 is 5.91 Å². The summed E-state index contributed by atoms with van der Waals surface area (Å²) in [7, 11) is 1.63. The molecule has 0 spiro atoms. The summed E-state index contributed by atoms with van der Waals surface area (Å²) >= 11 is 0. The Kier molecular flexibility index (Phi) is 3.85. The van der Waals surface area contributed by atoms with Crippen molar-refractivity contribution in [3.05, 3.63) is 48.3 Å². The molecule has 0 aromatic heterocycles. The highest BCUT2D eigenvalue weighted by atomic mass is 19.1. The van der Waals surface area contributed by atoms with Gasteiger partial charge in [-0.15, -0.1) is 0 Å². The zero-order valence-corrected chi connectivity index (χ0v) is 7.98. The van der Waals surface area contributed by atoms with Crippen molar-refractivity contribution in [1.82, 2.24) is 4.90 Å². The van der Waals surface area contributed by atoms with Crippen LogP contribution in [0.5, 0.6) is 0 Å². The van der Waals surface area contributed by atoms with Crippen molar-refractivity contribution in [2.24, 2.45) is 0 Å². The summed E-state index contributed by atoms with van der Waals surface area (Å²) in [5.74, 6) is -0.337. The van der Waals surface area contributed by atoms with E-state index in [0.717, 1.165) is 11.6 Å². The van der Waals surface area contributed by atoms with Crippen LogP contribution in [0.15, 0.2) is 42.7 Å². The van der Waals surface area contributed by atoms with Crippen molar-refractivity contribution in [3.63, 3.8) is 0 Å². The quantitative estimate of drug-likeness (QED) is 0.673. The van der Waals surface area contributed by atoms with E-state index in [1.807, 2.05) is 30.3 Å². The minimum absolute atomic E-state index is 0.254. The number of nitrogens with zero attached hydrogens (tertiary/aromatic N) is 1. The maximum absolute atomic E-state index is 11.7. The van der Waals surface area contributed by atoms with Crippen molar-refractivity contribution < 1.29 is 9.18 Å². The third-order valence-corrected chi connectivity index (χ3v) is 1.84. The molecule has 3 heteroatoms. The molecule has 0 atom stereocenters. The topological polar surface area (TPSA) is 20.3 Å². The summed E-state index contributed by atoms with van der Waals surface area (Å²) in [6.45, 7) is 0.490. The fourth-order valence-corrected chi connectivity index (χ4v) is 1.12. The molecular weight excluding hydrogens is 181 g/mol. The molecule has 0 saturated heterocycles. The minimum Gasteiger partial charge on any atom is -0.338 e. The van der Waals surface area contributed by atoms with Crippen LogP contribution in [0.3, 0.4) is 0 Å². The van der Waals surface area contributed by atoms with E-state index in [1.54, 1.807) is 7.05 Å². The van der Waals surface area contributed by atoms with Gasteiger partial charge in [-0.1, -0.05) is 30.3 Å². The number of benzene rings is 1. The number of carbonyl (C=O) groups is 1. The van der Waals surface area contributed by atoms with E-state index >= 15 is 0 Å². The van der Waals surface area contributed by atoms with Gasteiger partial charge in [0.05, 0.1) is 6.33 Å². The highest BCUT2D eigenvalue weighted by molar-refractivity contribution is 5.87. The second kappa shape index (κ2) is 5.17. The maximum atomic E-state index is 11.7. The standard InChI is InChI=1S/C11H12FNO/c1-13(11(14)7-8-12)9-10-5-3-2-4-6-10/h2-8H,9H2,1H3/b8-7+. The molecule has 0 aliphatic carbocycles. The Morgan fingerprint density at radius 2 is 2.07 bits per heavy atom. The molecule has 14 heavy (non-hydrogen) atoms. The number of amides is 1. The molecule has 0 radical (unpaired) electrons. The second-order valence-electron chi connectivity index (χ2n) is 2.97. The van der Waals surface area contributed by atoms with Gasteiger partial charge in [0, 0.05) is 19.7 Å². The highest BCUT2D eigenvalue weighted by Crippen LogP contribution is 2.02. The molecule has 0 saturated carbocycles. The molecule has 0 bridgehead atoms. The molecule has 0 N–H and O–H groups in total. The van der Waals surface area contributed by atoms with Crippen LogP contribution in [0.1, 0.15) is 5.56 Å². The first-order chi connectivity index (χ1) is 6.74. The molecule has 0 unspecified atom stereocenters. The second-order valence-corrected chi connectivity index (χ2v) is 2.97. The highest BCUT2D eigenvalue weighted by Gasteiger charge is 2.04. The maximum Gasteiger partial charge on any atom is 0.248 e. The summed E-state index contributed by atoms with van der Waals surface area (Å²) < 4.78 is 11.7. The first-order valence-electron chi connectivity index (χ1n) is 4.30. The van der Waals surface area contributed by atoms with Gasteiger partial charge in [0.15, 0.2) is 0 Å². The minimum atomic E-state index is -0.337. The van der Waals surface area contributed by atoms with Gasteiger partial charge in [0.1, 0.15) is 0 Å². The average molecular weight is 193 g/mol. The predicted molar refractivity (Wildman–Crippen MR) is 53.2 cm³/mol. The number of halogens is 1. The van der Waals surface area contributed by atoms with Crippen molar-refractivity contribution in [2.75, 3.05) is 7.05 Å². The number of hydrogen-bond donors (Lipinski definition) is 0. The number of likely N-dealkylation sites (N-methyl/N-ethyl adjacent to an activating group) is 1. The average Bonchev–Trinajstić information content (AvgIpc) is 2.19. The molecule has 1 amide bonds. The SMILES string of the molecule is CN(Cc1ccccc1)C(=O)/C=C/F. The van der Waals surface area contributed by atoms with Gasteiger partial charge in [0.25, 0.3) is 0 Å². The molecule has 0 aliphatic heterocycles. The van der Waals surface area contributed by atoms with E-state index < -0.39 is 0 Å². The van der Waals surface area contributed by atoms with Crippen LogP contribution in [0, 0.1) is 0 Å². The molecule has 0 aliphatic rings. The van der Waals surface area contributed by atoms with Crippen LogP contribution in [-0.2, 0) is 11.3 Å². The van der Waals surface area contributed by atoms with Crippen molar-refractivity contribution in [3.8, 4) is 0 Å². The van der Waals surface area contributed by atoms with Gasteiger partial charge in [-0.2, -0.15) is 0 Å². The molecular formula is C11H12FNO. The van der Waals surface area contributed by atoms with Crippen molar-refractivity contribution in [1.29, 1.82) is 0 Å². The Morgan fingerprint density at radius 3 is 2.64 bits per heavy atom. The van der Waals surface area contributed by atoms with Gasteiger partial charge in [-0.3, -0.25) is 4.79 Å². The summed E-state index contributed by atoms with van der Waals surface area (Å²) in [5, 5.41) is 0. The monoisotopic (exact) mass is 193 g/mol.